The molecule has 2 aliphatic rings. The Morgan fingerprint density at radius 2 is 1.19 bits per heavy atom. The van der Waals surface area contributed by atoms with Crippen LogP contribution < -0.4 is 0 Å². The lowest BCUT2D eigenvalue weighted by molar-refractivity contribution is -0.137. The number of fused-ring (bicyclic) bond motifs is 1. The highest BCUT2D eigenvalue weighted by atomic mass is 16.5. The summed E-state index contributed by atoms with van der Waals surface area (Å²) in [6, 6.07) is 31.9. The van der Waals surface area contributed by atoms with Gasteiger partial charge in [-0.05, 0) is 23.1 Å². The first kappa shape index (κ1) is 21.4. The second kappa shape index (κ2) is 10.4. The Kier molecular flexibility index (Phi) is 6.95. The predicted molar refractivity (Wildman–Crippen MR) is 125 cm³/mol. The van der Waals surface area contributed by atoms with Crippen LogP contribution in [0, 0.1) is 0 Å². The van der Waals surface area contributed by atoms with Gasteiger partial charge in [0.1, 0.15) is 6.10 Å². The number of hydrogen-bond acceptors (Lipinski definition) is 4. The van der Waals surface area contributed by atoms with Gasteiger partial charge in [-0.2, -0.15) is 0 Å². The smallest absolute Gasteiger partial charge is 0.102 e. The first-order valence-corrected chi connectivity index (χ1v) is 11.6. The highest BCUT2D eigenvalue weighted by molar-refractivity contribution is 5.16. The van der Waals surface area contributed by atoms with Gasteiger partial charge in [-0.15, -0.1) is 0 Å². The molecule has 5 atom stereocenters. The minimum absolute atomic E-state index is 0.0200. The lowest BCUT2D eigenvalue weighted by atomic mass is 9.97. The molecular formula is C28H31NO3. The third-order valence-electron chi connectivity index (χ3n) is 6.43. The fourth-order valence-corrected chi connectivity index (χ4v) is 4.64. The normalized spacial score (nSPS) is 26.4. The molecule has 0 N–H and O–H groups in total. The molecule has 0 saturated carbocycles. The van der Waals surface area contributed by atoms with E-state index in [1.807, 2.05) is 18.2 Å². The lowest BCUT2D eigenvalue weighted by Gasteiger charge is -2.38. The van der Waals surface area contributed by atoms with Crippen LogP contribution >= 0.6 is 0 Å². The molecule has 4 heteroatoms. The molecule has 2 saturated heterocycles. The summed E-state index contributed by atoms with van der Waals surface area (Å²) in [6.07, 6.45) is 1.06. The van der Waals surface area contributed by atoms with Gasteiger partial charge < -0.3 is 14.2 Å². The van der Waals surface area contributed by atoms with Crippen molar-refractivity contribution in [3.63, 3.8) is 0 Å². The van der Waals surface area contributed by atoms with Crippen LogP contribution in [0.15, 0.2) is 91.0 Å². The number of nitrogens with zero attached hydrogens (tertiary/aromatic N) is 1. The van der Waals surface area contributed by atoms with Crippen molar-refractivity contribution >= 4 is 0 Å². The van der Waals surface area contributed by atoms with E-state index >= 15 is 0 Å². The van der Waals surface area contributed by atoms with E-state index in [-0.39, 0.29) is 18.2 Å². The molecule has 0 aliphatic carbocycles. The fourth-order valence-electron chi connectivity index (χ4n) is 4.64. The molecule has 2 fully saturated rings. The van der Waals surface area contributed by atoms with Crippen LogP contribution in [0.4, 0.5) is 0 Å². The van der Waals surface area contributed by atoms with Crippen molar-refractivity contribution in [2.24, 2.45) is 0 Å². The van der Waals surface area contributed by atoms with Crippen molar-refractivity contribution < 1.29 is 14.2 Å². The predicted octanol–water partition coefficient (Wildman–Crippen LogP) is 4.83. The van der Waals surface area contributed by atoms with Gasteiger partial charge in [0.2, 0.25) is 0 Å². The van der Waals surface area contributed by atoms with Gasteiger partial charge in [0, 0.05) is 12.6 Å². The zero-order chi connectivity index (χ0) is 21.6. The van der Waals surface area contributed by atoms with Crippen LogP contribution in [0.25, 0.3) is 0 Å². The highest BCUT2D eigenvalue weighted by Crippen LogP contribution is 2.38. The number of benzene rings is 3. The number of hydrogen-bond donors (Lipinski definition) is 0. The third-order valence-corrected chi connectivity index (χ3v) is 6.43. The Balaban J connectivity index is 1.26. The van der Waals surface area contributed by atoms with Gasteiger partial charge in [-0.3, -0.25) is 4.90 Å². The van der Waals surface area contributed by atoms with E-state index in [0.29, 0.717) is 32.5 Å². The maximum Gasteiger partial charge on any atom is 0.102 e. The highest BCUT2D eigenvalue weighted by Gasteiger charge is 2.52. The zero-order valence-electron chi connectivity index (χ0n) is 18.4. The largest absolute Gasteiger partial charge is 0.375 e. The van der Waals surface area contributed by atoms with Crippen LogP contribution in [0.2, 0.25) is 0 Å². The fraction of sp³-hybridized carbons (Fsp3) is 0.357. The Morgan fingerprint density at radius 1 is 0.656 bits per heavy atom. The first-order chi connectivity index (χ1) is 15.9. The average Bonchev–Trinajstić information content (AvgIpc) is 3.63. The summed E-state index contributed by atoms with van der Waals surface area (Å²) < 4.78 is 19.2. The van der Waals surface area contributed by atoms with Gasteiger partial charge in [0.15, 0.2) is 0 Å². The van der Waals surface area contributed by atoms with Gasteiger partial charge in [-0.1, -0.05) is 91.0 Å². The third kappa shape index (κ3) is 5.45. The van der Waals surface area contributed by atoms with Crippen molar-refractivity contribution in [2.45, 2.75) is 50.5 Å². The Hall–Kier alpha value is -2.50. The Labute approximate surface area is 190 Å². The summed E-state index contributed by atoms with van der Waals surface area (Å²) in [5.74, 6) is 0. The molecule has 1 unspecified atom stereocenters. The van der Waals surface area contributed by atoms with Gasteiger partial charge in [-0.25, -0.2) is 0 Å². The molecule has 0 spiro atoms. The molecule has 0 amide bonds. The van der Waals surface area contributed by atoms with Crippen molar-refractivity contribution in [3.05, 3.63) is 108 Å². The first-order valence-electron chi connectivity index (χ1n) is 11.6. The average molecular weight is 430 g/mol. The van der Waals surface area contributed by atoms with E-state index < -0.39 is 0 Å². The minimum atomic E-state index is -0.0200. The van der Waals surface area contributed by atoms with Crippen molar-refractivity contribution in [1.29, 1.82) is 0 Å². The van der Waals surface area contributed by atoms with Crippen LogP contribution in [0.5, 0.6) is 0 Å². The molecule has 0 aromatic heterocycles. The van der Waals surface area contributed by atoms with E-state index in [1.165, 1.54) is 16.7 Å². The maximum atomic E-state index is 6.54. The molecule has 4 nitrogen and oxygen atoms in total. The van der Waals surface area contributed by atoms with Crippen LogP contribution in [0.3, 0.4) is 0 Å². The second-order valence-electron chi connectivity index (χ2n) is 8.75. The number of rotatable bonds is 10. The topological polar surface area (TPSA) is 30.7 Å². The second-order valence-corrected chi connectivity index (χ2v) is 8.75. The van der Waals surface area contributed by atoms with Crippen LogP contribution in [-0.2, 0) is 34.0 Å². The summed E-state index contributed by atoms with van der Waals surface area (Å²) >= 11 is 0. The number of piperidine rings is 1. The van der Waals surface area contributed by atoms with Gasteiger partial charge >= 0.3 is 0 Å². The minimum Gasteiger partial charge on any atom is -0.375 e. The summed E-state index contributed by atoms with van der Waals surface area (Å²) in [6.45, 7) is 3.58. The van der Waals surface area contributed by atoms with E-state index in [9.17, 15) is 0 Å². The standard InChI is InChI=1S/C28H31NO3/c1-4-10-22(11-5-1)18-30-21-26-28(32-20-24-14-8-3-9-15-24)27(16-25-17-29(25)26)31-19-23-12-6-2-7-13-23/h1-15,25-28H,16-21H2/t25-,26+,27+,28+,29?/m0/s1. The van der Waals surface area contributed by atoms with Crippen molar-refractivity contribution in [3.8, 4) is 0 Å². The van der Waals surface area contributed by atoms with E-state index in [4.69, 9.17) is 14.2 Å². The monoisotopic (exact) mass is 429 g/mol. The zero-order valence-corrected chi connectivity index (χ0v) is 18.4. The van der Waals surface area contributed by atoms with Gasteiger partial charge in [0.25, 0.3) is 0 Å². The summed E-state index contributed by atoms with van der Waals surface area (Å²) in [7, 11) is 0. The summed E-state index contributed by atoms with van der Waals surface area (Å²) in [5.41, 5.74) is 3.58. The van der Waals surface area contributed by atoms with E-state index in [0.717, 1.165) is 13.0 Å². The Bertz CT molecular complexity index is 950. The molecule has 2 heterocycles. The molecular weight excluding hydrogens is 398 g/mol. The molecule has 0 radical (unpaired) electrons. The van der Waals surface area contributed by atoms with E-state index in [2.05, 4.69) is 77.7 Å². The molecule has 3 aromatic carbocycles. The van der Waals surface area contributed by atoms with Gasteiger partial charge in [0.05, 0.1) is 38.6 Å². The SMILES string of the molecule is c1ccc(COC[C@@H]2[C@@H](OCc3ccccc3)[C@H](OCc3ccccc3)C[C@H]3CN32)cc1. The molecule has 5 rings (SSSR count). The summed E-state index contributed by atoms with van der Waals surface area (Å²) in [4.78, 5) is 2.52. The number of ether oxygens (including phenoxy) is 3. The van der Waals surface area contributed by atoms with E-state index in [1.54, 1.807) is 0 Å². The van der Waals surface area contributed by atoms with Crippen LogP contribution in [0.1, 0.15) is 23.1 Å². The summed E-state index contributed by atoms with van der Waals surface area (Å²) in [5, 5.41) is 0. The molecule has 0 bridgehead atoms. The van der Waals surface area contributed by atoms with Crippen molar-refractivity contribution in [2.75, 3.05) is 13.2 Å². The molecule has 166 valence electrons. The Morgan fingerprint density at radius 3 is 1.78 bits per heavy atom. The maximum absolute atomic E-state index is 6.54. The van der Waals surface area contributed by atoms with Crippen LogP contribution in [-0.4, -0.2) is 42.3 Å². The molecule has 32 heavy (non-hydrogen) atoms. The molecule has 3 aromatic rings. The lowest BCUT2D eigenvalue weighted by Crippen LogP contribution is -2.52. The molecule has 2 aliphatic heterocycles. The van der Waals surface area contributed by atoms with Crippen molar-refractivity contribution in [1.82, 2.24) is 4.90 Å². The quantitative estimate of drug-likeness (QED) is 0.432.